The quantitative estimate of drug-likeness (QED) is 0.388. The number of methoxy groups -OCH3 is 1. The molecule has 2 fully saturated rings. The molecule has 0 N–H and O–H groups in total. The summed E-state index contributed by atoms with van der Waals surface area (Å²) in [6.45, 7) is 2.08. The third kappa shape index (κ3) is 5.88. The van der Waals surface area contributed by atoms with E-state index in [2.05, 4.69) is 0 Å². The summed E-state index contributed by atoms with van der Waals surface area (Å²) >= 11 is 0. The van der Waals surface area contributed by atoms with Gasteiger partial charge in [0.2, 0.25) is 0 Å². The number of ether oxygens (including phenoxy) is 3. The van der Waals surface area contributed by atoms with Crippen LogP contribution in [0.3, 0.4) is 0 Å². The number of hydrogen-bond acceptors (Lipinski definition) is 4. The lowest BCUT2D eigenvalue weighted by molar-refractivity contribution is -0.147. The molecular formula is C18H32O4. The Balaban J connectivity index is 1.50. The van der Waals surface area contributed by atoms with Crippen LogP contribution in [0.15, 0.2) is 0 Å². The van der Waals surface area contributed by atoms with Gasteiger partial charge in [0.25, 0.3) is 0 Å². The van der Waals surface area contributed by atoms with Crippen molar-refractivity contribution in [1.82, 2.24) is 0 Å². The zero-order valence-electron chi connectivity index (χ0n) is 14.1. The molecule has 128 valence electrons. The van der Waals surface area contributed by atoms with E-state index in [0.717, 1.165) is 25.6 Å². The van der Waals surface area contributed by atoms with Gasteiger partial charge in [0.1, 0.15) is 0 Å². The second-order valence-electron chi connectivity index (χ2n) is 6.84. The van der Waals surface area contributed by atoms with Crippen molar-refractivity contribution in [2.45, 2.75) is 76.2 Å². The summed E-state index contributed by atoms with van der Waals surface area (Å²) in [6.07, 6.45) is 14.0. The smallest absolute Gasteiger partial charge is 0.340 e. The molecule has 0 aromatic carbocycles. The van der Waals surface area contributed by atoms with E-state index in [9.17, 15) is 4.79 Å². The highest BCUT2D eigenvalue weighted by Gasteiger charge is 2.52. The van der Waals surface area contributed by atoms with Crippen LogP contribution in [0.2, 0.25) is 0 Å². The monoisotopic (exact) mass is 312 g/mol. The molecule has 1 aliphatic carbocycles. The van der Waals surface area contributed by atoms with E-state index in [1.165, 1.54) is 64.9 Å². The average Bonchev–Trinajstić information content (AvgIpc) is 3.29. The molecule has 0 aromatic heterocycles. The first kappa shape index (κ1) is 17.7. The molecule has 1 aliphatic heterocycles. The summed E-state index contributed by atoms with van der Waals surface area (Å²) in [5, 5.41) is 0. The van der Waals surface area contributed by atoms with Gasteiger partial charge in [0.15, 0.2) is 5.60 Å². The van der Waals surface area contributed by atoms with Gasteiger partial charge in [-0.2, -0.15) is 0 Å². The highest BCUT2D eigenvalue weighted by Crippen LogP contribution is 2.33. The van der Waals surface area contributed by atoms with Gasteiger partial charge >= 0.3 is 5.97 Å². The molecule has 0 amide bonds. The Labute approximate surface area is 134 Å². The van der Waals surface area contributed by atoms with Crippen molar-refractivity contribution in [3.8, 4) is 0 Å². The molecular weight excluding hydrogens is 280 g/mol. The van der Waals surface area contributed by atoms with Crippen molar-refractivity contribution < 1.29 is 19.0 Å². The normalized spacial score (nSPS) is 26.8. The number of hydrogen-bond donors (Lipinski definition) is 0. The summed E-state index contributed by atoms with van der Waals surface area (Å²) in [4.78, 5) is 11.5. The van der Waals surface area contributed by atoms with Gasteiger partial charge in [-0.1, -0.05) is 51.4 Å². The largest absolute Gasteiger partial charge is 0.467 e. The van der Waals surface area contributed by atoms with Crippen molar-refractivity contribution >= 4 is 5.97 Å². The van der Waals surface area contributed by atoms with Crippen LogP contribution < -0.4 is 0 Å². The first-order valence-corrected chi connectivity index (χ1v) is 9.07. The second-order valence-corrected chi connectivity index (χ2v) is 6.84. The van der Waals surface area contributed by atoms with Crippen molar-refractivity contribution in [2.24, 2.45) is 5.92 Å². The van der Waals surface area contributed by atoms with Crippen LogP contribution in [0.25, 0.3) is 0 Å². The Morgan fingerprint density at radius 1 is 1.09 bits per heavy atom. The highest BCUT2D eigenvalue weighted by atomic mass is 16.6. The van der Waals surface area contributed by atoms with Crippen molar-refractivity contribution in [3.63, 3.8) is 0 Å². The average molecular weight is 312 g/mol. The Morgan fingerprint density at radius 2 is 1.73 bits per heavy atom. The van der Waals surface area contributed by atoms with Crippen LogP contribution >= 0.6 is 0 Å². The van der Waals surface area contributed by atoms with Crippen molar-refractivity contribution in [3.05, 3.63) is 0 Å². The molecule has 2 rings (SSSR count). The standard InChI is InChI=1S/C18H32O4/c1-20-17(19)18(15-22-18)12-8-13-21-14-11-16-9-6-4-2-3-5-7-10-16/h16H,2-15H2,1H3. The van der Waals surface area contributed by atoms with E-state index in [0.29, 0.717) is 13.0 Å². The van der Waals surface area contributed by atoms with Gasteiger partial charge in [-0.3, -0.25) is 0 Å². The first-order chi connectivity index (χ1) is 10.8. The lowest BCUT2D eigenvalue weighted by Gasteiger charge is -2.16. The Bertz CT molecular complexity index is 315. The molecule has 0 aromatic rings. The summed E-state index contributed by atoms with van der Waals surface area (Å²) < 4.78 is 15.8. The van der Waals surface area contributed by atoms with Gasteiger partial charge in [-0.25, -0.2) is 4.79 Å². The lowest BCUT2D eigenvalue weighted by atomic mass is 9.94. The first-order valence-electron chi connectivity index (χ1n) is 9.07. The molecule has 4 heteroatoms. The molecule has 4 nitrogen and oxygen atoms in total. The minimum atomic E-state index is -0.643. The Hall–Kier alpha value is -0.610. The van der Waals surface area contributed by atoms with Crippen LogP contribution in [0.1, 0.15) is 70.6 Å². The Kier molecular flexibility index (Phi) is 7.67. The highest BCUT2D eigenvalue weighted by molar-refractivity contribution is 5.82. The van der Waals surface area contributed by atoms with Gasteiger partial charge in [-0.15, -0.1) is 0 Å². The van der Waals surface area contributed by atoms with Crippen molar-refractivity contribution in [1.29, 1.82) is 0 Å². The van der Waals surface area contributed by atoms with Gasteiger partial charge < -0.3 is 14.2 Å². The molecule has 0 spiro atoms. The number of epoxide rings is 1. The van der Waals surface area contributed by atoms with E-state index in [4.69, 9.17) is 14.2 Å². The van der Waals surface area contributed by atoms with Crippen LogP contribution in [-0.2, 0) is 19.0 Å². The van der Waals surface area contributed by atoms with Crippen LogP contribution in [0.5, 0.6) is 0 Å². The Morgan fingerprint density at radius 3 is 2.32 bits per heavy atom. The SMILES string of the molecule is COC(=O)C1(CCCOCCC2CCCCCCCC2)CO1. The van der Waals surface area contributed by atoms with Crippen molar-refractivity contribution in [2.75, 3.05) is 26.9 Å². The van der Waals surface area contributed by atoms with Gasteiger partial charge in [0, 0.05) is 13.2 Å². The van der Waals surface area contributed by atoms with E-state index >= 15 is 0 Å². The molecule has 1 saturated carbocycles. The second kappa shape index (κ2) is 9.51. The third-order valence-electron chi connectivity index (χ3n) is 5.06. The molecule has 22 heavy (non-hydrogen) atoms. The minimum absolute atomic E-state index is 0.238. The fourth-order valence-electron chi connectivity index (χ4n) is 3.46. The zero-order chi connectivity index (χ0) is 15.7. The van der Waals surface area contributed by atoms with Crippen LogP contribution in [0, 0.1) is 5.92 Å². The van der Waals surface area contributed by atoms with E-state index < -0.39 is 5.60 Å². The van der Waals surface area contributed by atoms with Gasteiger partial charge in [-0.05, 0) is 25.2 Å². The summed E-state index contributed by atoms with van der Waals surface area (Å²) in [5.41, 5.74) is -0.643. The fraction of sp³-hybridized carbons (Fsp3) is 0.944. The predicted molar refractivity (Wildman–Crippen MR) is 85.8 cm³/mol. The summed E-state index contributed by atoms with van der Waals surface area (Å²) in [6, 6.07) is 0. The molecule has 1 unspecified atom stereocenters. The van der Waals surface area contributed by atoms with Crippen LogP contribution in [0.4, 0.5) is 0 Å². The molecule has 2 aliphatic rings. The molecule has 0 bridgehead atoms. The van der Waals surface area contributed by atoms with E-state index in [1.54, 1.807) is 0 Å². The lowest BCUT2D eigenvalue weighted by Crippen LogP contribution is -2.26. The van der Waals surface area contributed by atoms with E-state index in [-0.39, 0.29) is 5.97 Å². The minimum Gasteiger partial charge on any atom is -0.467 e. The molecule has 1 saturated heterocycles. The number of carbonyl (C=O) groups is 1. The molecule has 0 radical (unpaired) electrons. The summed E-state index contributed by atoms with van der Waals surface area (Å²) in [7, 11) is 1.42. The molecule has 1 heterocycles. The number of rotatable bonds is 8. The zero-order valence-corrected chi connectivity index (χ0v) is 14.1. The topological polar surface area (TPSA) is 48.1 Å². The van der Waals surface area contributed by atoms with Crippen LogP contribution in [-0.4, -0.2) is 38.5 Å². The number of esters is 1. The summed E-state index contributed by atoms with van der Waals surface area (Å²) in [5.74, 6) is 0.615. The maximum atomic E-state index is 11.5. The third-order valence-corrected chi connectivity index (χ3v) is 5.06. The van der Waals surface area contributed by atoms with Gasteiger partial charge in [0.05, 0.1) is 13.7 Å². The predicted octanol–water partition coefficient (Wildman–Crippen LogP) is 3.87. The van der Waals surface area contributed by atoms with E-state index in [1.807, 2.05) is 0 Å². The number of carbonyl (C=O) groups excluding carboxylic acids is 1. The maximum Gasteiger partial charge on any atom is 0.340 e. The fourth-order valence-corrected chi connectivity index (χ4v) is 3.46. The maximum absolute atomic E-state index is 11.5. The molecule has 1 atom stereocenters.